The van der Waals surface area contributed by atoms with Gasteiger partial charge in [-0.25, -0.2) is 8.78 Å². The van der Waals surface area contributed by atoms with Crippen molar-refractivity contribution in [1.29, 1.82) is 0 Å². The minimum absolute atomic E-state index is 0.00480. The molecule has 0 radical (unpaired) electrons. The fourth-order valence-corrected chi connectivity index (χ4v) is 3.79. The van der Waals surface area contributed by atoms with E-state index in [9.17, 15) is 8.78 Å². The average molecular weight is 383 g/mol. The fourth-order valence-electron chi connectivity index (χ4n) is 3.32. The van der Waals surface area contributed by atoms with Gasteiger partial charge in [0.1, 0.15) is 11.6 Å². The number of rotatable bonds is 3. The number of aryl methyl sites for hydroxylation is 1. The summed E-state index contributed by atoms with van der Waals surface area (Å²) in [4.78, 5) is 7.30. The van der Waals surface area contributed by atoms with Crippen LogP contribution < -0.4 is 0 Å². The van der Waals surface area contributed by atoms with Crippen LogP contribution in [-0.4, -0.2) is 19.7 Å². The first-order valence-electron chi connectivity index (χ1n) is 7.67. The van der Waals surface area contributed by atoms with Gasteiger partial charge in [0.25, 0.3) is 0 Å². The minimum atomic E-state index is -0.707. The first kappa shape index (κ1) is 16.4. The highest BCUT2D eigenvalue weighted by atomic mass is 35.5. The molecule has 3 aromatic rings. The summed E-state index contributed by atoms with van der Waals surface area (Å²) in [6.07, 6.45) is 0.837. The Hall–Kier alpha value is -2.06. The van der Waals surface area contributed by atoms with E-state index < -0.39 is 11.6 Å². The maximum atomic E-state index is 14.3. The van der Waals surface area contributed by atoms with Gasteiger partial charge < -0.3 is 14.1 Å². The van der Waals surface area contributed by atoms with E-state index in [0.717, 1.165) is 11.4 Å². The standard InChI is InChI=1S/C16H13ClF2N4OS/c1-7-20-13(24-22-7)5-11-12-4-8(6-23(12)16(25)21-11)14-10(18)3-2-9(17)15(14)19/h2-3,8H,4-6H2,1H3,(H,21,25)/t8-/m1/s1. The molecule has 130 valence electrons. The number of fused-ring (bicyclic) bond motifs is 1. The summed E-state index contributed by atoms with van der Waals surface area (Å²) in [7, 11) is 0. The highest BCUT2D eigenvalue weighted by molar-refractivity contribution is 7.71. The number of hydrogen-bond donors (Lipinski definition) is 1. The van der Waals surface area contributed by atoms with E-state index in [2.05, 4.69) is 15.1 Å². The Morgan fingerprint density at radius 3 is 2.96 bits per heavy atom. The first-order valence-corrected chi connectivity index (χ1v) is 8.45. The van der Waals surface area contributed by atoms with Crippen LogP contribution in [-0.2, 0) is 19.4 Å². The maximum absolute atomic E-state index is 14.3. The van der Waals surface area contributed by atoms with E-state index in [-0.39, 0.29) is 16.5 Å². The van der Waals surface area contributed by atoms with Gasteiger partial charge in [-0.15, -0.1) is 0 Å². The van der Waals surface area contributed by atoms with Gasteiger partial charge >= 0.3 is 0 Å². The second-order valence-corrected chi connectivity index (χ2v) is 6.83. The van der Waals surface area contributed by atoms with E-state index in [1.807, 2.05) is 4.57 Å². The van der Waals surface area contributed by atoms with Gasteiger partial charge in [0.2, 0.25) is 5.89 Å². The van der Waals surface area contributed by atoms with Crippen LogP contribution in [0.3, 0.4) is 0 Å². The molecule has 0 saturated heterocycles. The molecule has 1 N–H and O–H groups in total. The van der Waals surface area contributed by atoms with Crippen LogP contribution in [0.1, 0.15) is 34.6 Å². The third-order valence-electron chi connectivity index (χ3n) is 4.41. The number of H-pyrrole nitrogens is 1. The third kappa shape index (κ3) is 2.79. The van der Waals surface area contributed by atoms with Crippen molar-refractivity contribution in [3.63, 3.8) is 0 Å². The molecule has 0 bridgehead atoms. The quantitative estimate of drug-likeness (QED) is 0.547. The first-order chi connectivity index (χ1) is 11.9. The maximum Gasteiger partial charge on any atom is 0.232 e. The van der Waals surface area contributed by atoms with E-state index in [4.69, 9.17) is 28.3 Å². The van der Waals surface area contributed by atoms with Crippen molar-refractivity contribution in [2.24, 2.45) is 0 Å². The zero-order valence-corrected chi connectivity index (χ0v) is 14.7. The lowest BCUT2D eigenvalue weighted by atomic mass is 9.95. The van der Waals surface area contributed by atoms with Crippen LogP contribution in [0.5, 0.6) is 0 Å². The van der Waals surface area contributed by atoms with Gasteiger partial charge in [0, 0.05) is 29.4 Å². The summed E-state index contributed by atoms with van der Waals surface area (Å²) in [6, 6.07) is 2.41. The molecule has 0 spiro atoms. The fraction of sp³-hybridized carbons (Fsp3) is 0.312. The predicted molar refractivity (Wildman–Crippen MR) is 89.3 cm³/mol. The number of imidazole rings is 1. The van der Waals surface area contributed by atoms with Crippen LogP contribution >= 0.6 is 23.8 Å². The molecule has 3 heterocycles. The highest BCUT2D eigenvalue weighted by Crippen LogP contribution is 2.36. The number of aromatic amines is 1. The van der Waals surface area contributed by atoms with Crippen LogP contribution in [0, 0.1) is 23.3 Å². The number of halogens is 3. The monoisotopic (exact) mass is 382 g/mol. The lowest BCUT2D eigenvalue weighted by Gasteiger charge is -2.13. The van der Waals surface area contributed by atoms with Crippen molar-refractivity contribution in [2.75, 3.05) is 0 Å². The van der Waals surface area contributed by atoms with Crippen LogP contribution in [0.15, 0.2) is 16.7 Å². The lowest BCUT2D eigenvalue weighted by molar-refractivity contribution is 0.380. The Labute approximate surface area is 151 Å². The second kappa shape index (κ2) is 6.03. The van der Waals surface area contributed by atoms with Crippen molar-refractivity contribution >= 4 is 23.8 Å². The van der Waals surface area contributed by atoms with Crippen LogP contribution in [0.25, 0.3) is 0 Å². The number of benzene rings is 1. The molecular formula is C16H13ClF2N4OS. The molecule has 4 rings (SSSR count). The van der Waals surface area contributed by atoms with Crippen molar-refractivity contribution in [3.05, 3.63) is 62.2 Å². The van der Waals surface area contributed by atoms with Gasteiger partial charge in [-0.2, -0.15) is 4.98 Å². The highest BCUT2D eigenvalue weighted by Gasteiger charge is 2.31. The van der Waals surface area contributed by atoms with Crippen molar-refractivity contribution in [2.45, 2.75) is 32.2 Å². The van der Waals surface area contributed by atoms with E-state index in [1.165, 1.54) is 12.1 Å². The van der Waals surface area contributed by atoms with E-state index in [1.54, 1.807) is 6.92 Å². The average Bonchev–Trinajstić information content (AvgIpc) is 3.23. The summed E-state index contributed by atoms with van der Waals surface area (Å²) in [5.41, 5.74) is 1.72. The molecule has 0 aliphatic carbocycles. The summed E-state index contributed by atoms with van der Waals surface area (Å²) in [5.74, 6) is -0.665. The van der Waals surface area contributed by atoms with Gasteiger partial charge in [0.05, 0.1) is 11.4 Å². The number of hydrogen-bond acceptors (Lipinski definition) is 4. The normalized spacial score (nSPS) is 16.4. The predicted octanol–water partition coefficient (Wildman–Crippen LogP) is 4.10. The molecule has 1 aliphatic rings. The van der Waals surface area contributed by atoms with Crippen LogP contribution in [0.4, 0.5) is 8.78 Å². The summed E-state index contributed by atoms with van der Waals surface area (Å²) >= 11 is 11.2. The van der Waals surface area contributed by atoms with Crippen molar-refractivity contribution in [3.8, 4) is 0 Å². The molecule has 0 fully saturated rings. The summed E-state index contributed by atoms with van der Waals surface area (Å²) in [6.45, 7) is 2.13. The third-order valence-corrected chi connectivity index (χ3v) is 5.02. The van der Waals surface area contributed by atoms with Gasteiger partial charge in [-0.1, -0.05) is 16.8 Å². The number of aromatic nitrogens is 4. The Kier molecular flexibility index (Phi) is 3.96. The zero-order valence-electron chi connectivity index (χ0n) is 13.1. The number of nitrogens with zero attached hydrogens (tertiary/aromatic N) is 3. The summed E-state index contributed by atoms with van der Waals surface area (Å²) in [5, 5.41) is 3.68. The Bertz CT molecular complexity index is 1030. The van der Waals surface area contributed by atoms with E-state index >= 15 is 0 Å². The molecule has 0 amide bonds. The molecule has 5 nitrogen and oxygen atoms in total. The lowest BCUT2D eigenvalue weighted by Crippen LogP contribution is -2.08. The summed E-state index contributed by atoms with van der Waals surface area (Å²) < 4.78 is 36.0. The largest absolute Gasteiger partial charge is 0.339 e. The Balaban J connectivity index is 1.69. The topological polar surface area (TPSA) is 59.6 Å². The van der Waals surface area contributed by atoms with Gasteiger partial charge in [-0.3, -0.25) is 0 Å². The SMILES string of the molecule is Cc1noc(Cc2[nH]c(=S)n3c2C[C@@H](c2c(F)ccc(Cl)c2F)C3)n1. The smallest absolute Gasteiger partial charge is 0.232 e. The molecule has 2 aromatic heterocycles. The molecular weight excluding hydrogens is 370 g/mol. The Morgan fingerprint density at radius 2 is 2.24 bits per heavy atom. The van der Waals surface area contributed by atoms with Crippen molar-refractivity contribution in [1.82, 2.24) is 19.7 Å². The Morgan fingerprint density at radius 1 is 1.44 bits per heavy atom. The molecule has 0 saturated carbocycles. The molecule has 25 heavy (non-hydrogen) atoms. The second-order valence-electron chi connectivity index (χ2n) is 6.04. The minimum Gasteiger partial charge on any atom is -0.339 e. The van der Waals surface area contributed by atoms with Gasteiger partial charge in [-0.05, 0) is 37.7 Å². The van der Waals surface area contributed by atoms with Crippen molar-refractivity contribution < 1.29 is 13.3 Å². The van der Waals surface area contributed by atoms with Gasteiger partial charge in [0.15, 0.2) is 10.6 Å². The molecule has 0 unspecified atom stereocenters. The zero-order chi connectivity index (χ0) is 17.7. The molecule has 9 heteroatoms. The number of nitrogens with one attached hydrogen (secondary N) is 1. The molecule has 1 aliphatic heterocycles. The molecule has 1 atom stereocenters. The molecule has 1 aromatic carbocycles. The van der Waals surface area contributed by atoms with E-state index in [0.29, 0.717) is 35.9 Å². The van der Waals surface area contributed by atoms with Crippen LogP contribution in [0.2, 0.25) is 5.02 Å².